The molecule has 0 aliphatic rings. The number of nitrogens with zero attached hydrogens (tertiary/aromatic N) is 3. The number of benzene rings is 1. The Hall–Kier alpha value is -1.72. The van der Waals surface area contributed by atoms with Crippen LogP contribution in [0.1, 0.15) is 9.88 Å². The van der Waals surface area contributed by atoms with E-state index < -0.39 is 0 Å². The van der Waals surface area contributed by atoms with Crippen molar-refractivity contribution >= 4 is 39.7 Å². The first-order chi connectivity index (χ1) is 9.22. The van der Waals surface area contributed by atoms with Crippen LogP contribution in [0.25, 0.3) is 10.9 Å². The first-order valence-electron chi connectivity index (χ1n) is 5.80. The summed E-state index contributed by atoms with van der Waals surface area (Å²) in [4.78, 5) is 13.8. The molecule has 0 bridgehead atoms. The second kappa shape index (κ2) is 5.11. The highest BCUT2D eigenvalue weighted by atomic mass is 35.5. The maximum Gasteiger partial charge on any atom is 0.224 e. The average molecular weight is 291 g/mol. The Morgan fingerprint density at radius 3 is 2.89 bits per heavy atom. The number of thiazole rings is 1. The van der Waals surface area contributed by atoms with Gasteiger partial charge in [-0.3, -0.25) is 0 Å². The van der Waals surface area contributed by atoms with Crippen molar-refractivity contribution in [3.05, 3.63) is 45.6 Å². The summed E-state index contributed by atoms with van der Waals surface area (Å²) >= 11 is 7.60. The molecule has 0 amide bonds. The van der Waals surface area contributed by atoms with Gasteiger partial charge in [0.05, 0.1) is 17.1 Å². The first-order valence-corrected chi connectivity index (χ1v) is 6.99. The molecule has 0 saturated carbocycles. The molecule has 0 saturated heterocycles. The number of anilines is 1. The van der Waals surface area contributed by atoms with Crippen molar-refractivity contribution in [3.63, 3.8) is 0 Å². The van der Waals surface area contributed by atoms with Crippen LogP contribution in [0.2, 0.25) is 5.28 Å². The normalized spacial score (nSPS) is 10.8. The molecule has 0 atom stereocenters. The third-order valence-electron chi connectivity index (χ3n) is 2.68. The molecule has 0 fully saturated rings. The van der Waals surface area contributed by atoms with E-state index in [2.05, 4.69) is 20.3 Å². The number of fused-ring (bicyclic) bond motifs is 1. The van der Waals surface area contributed by atoms with Crippen LogP contribution in [-0.4, -0.2) is 15.0 Å². The van der Waals surface area contributed by atoms with Crippen molar-refractivity contribution in [3.8, 4) is 0 Å². The van der Waals surface area contributed by atoms with Crippen molar-refractivity contribution in [2.24, 2.45) is 0 Å². The fourth-order valence-corrected chi connectivity index (χ4v) is 2.75. The zero-order chi connectivity index (χ0) is 13.2. The SMILES string of the molecule is Cc1ncc(CNc2nc(Cl)nc3ccccc23)s1. The van der Waals surface area contributed by atoms with Gasteiger partial charge in [-0.1, -0.05) is 12.1 Å². The van der Waals surface area contributed by atoms with Gasteiger partial charge in [0.2, 0.25) is 5.28 Å². The largest absolute Gasteiger partial charge is 0.364 e. The summed E-state index contributed by atoms with van der Waals surface area (Å²) in [5.74, 6) is 0.752. The quantitative estimate of drug-likeness (QED) is 0.748. The van der Waals surface area contributed by atoms with Crippen LogP contribution in [-0.2, 0) is 6.54 Å². The van der Waals surface area contributed by atoms with Gasteiger partial charge in [-0.15, -0.1) is 11.3 Å². The van der Waals surface area contributed by atoms with Crippen LogP contribution >= 0.6 is 22.9 Å². The molecule has 4 nitrogen and oxygen atoms in total. The lowest BCUT2D eigenvalue weighted by Crippen LogP contribution is -2.02. The lowest BCUT2D eigenvalue weighted by Gasteiger charge is -2.07. The van der Waals surface area contributed by atoms with E-state index in [9.17, 15) is 0 Å². The van der Waals surface area contributed by atoms with Crippen molar-refractivity contribution < 1.29 is 0 Å². The molecular weight excluding hydrogens is 280 g/mol. The number of para-hydroxylation sites is 1. The lowest BCUT2D eigenvalue weighted by atomic mass is 10.2. The van der Waals surface area contributed by atoms with Crippen LogP contribution in [0, 0.1) is 6.92 Å². The van der Waals surface area contributed by atoms with Gasteiger partial charge in [0.25, 0.3) is 0 Å². The van der Waals surface area contributed by atoms with Crippen molar-refractivity contribution in [1.29, 1.82) is 0 Å². The Kier molecular flexibility index (Phi) is 3.31. The first kappa shape index (κ1) is 12.3. The minimum absolute atomic E-state index is 0.252. The van der Waals surface area contributed by atoms with Gasteiger partial charge in [-0.25, -0.2) is 15.0 Å². The molecule has 0 radical (unpaired) electrons. The number of rotatable bonds is 3. The standard InChI is InChI=1S/C13H11ClN4S/c1-8-15-6-9(19-8)7-16-12-10-4-2-3-5-11(10)17-13(14)18-12/h2-6H,7H2,1H3,(H,16,17,18). The fourth-order valence-electron chi connectivity index (χ4n) is 1.84. The third kappa shape index (κ3) is 2.67. The molecule has 0 unspecified atom stereocenters. The van der Waals surface area contributed by atoms with E-state index in [-0.39, 0.29) is 5.28 Å². The van der Waals surface area contributed by atoms with Crippen molar-refractivity contribution in [2.45, 2.75) is 13.5 Å². The summed E-state index contributed by atoms with van der Waals surface area (Å²) in [5, 5.41) is 5.57. The van der Waals surface area contributed by atoms with E-state index >= 15 is 0 Å². The molecule has 6 heteroatoms. The minimum Gasteiger partial charge on any atom is -0.364 e. The number of hydrogen-bond donors (Lipinski definition) is 1. The highest BCUT2D eigenvalue weighted by Crippen LogP contribution is 2.23. The summed E-state index contributed by atoms with van der Waals surface area (Å²) < 4.78 is 0. The summed E-state index contributed by atoms with van der Waals surface area (Å²) in [6, 6.07) is 7.79. The van der Waals surface area contributed by atoms with Crippen molar-refractivity contribution in [1.82, 2.24) is 15.0 Å². The highest BCUT2D eigenvalue weighted by Gasteiger charge is 2.06. The van der Waals surface area contributed by atoms with Crippen LogP contribution < -0.4 is 5.32 Å². The van der Waals surface area contributed by atoms with Crippen LogP contribution in [0.3, 0.4) is 0 Å². The van der Waals surface area contributed by atoms with Crippen LogP contribution in [0.4, 0.5) is 5.82 Å². The molecule has 1 aromatic carbocycles. The number of hydrogen-bond acceptors (Lipinski definition) is 5. The zero-order valence-electron chi connectivity index (χ0n) is 10.2. The van der Waals surface area contributed by atoms with Gasteiger partial charge in [-0.2, -0.15) is 0 Å². The fraction of sp³-hybridized carbons (Fsp3) is 0.154. The Bertz CT molecular complexity index is 725. The maximum absolute atomic E-state index is 5.94. The van der Waals surface area contributed by atoms with E-state index in [1.807, 2.05) is 37.4 Å². The number of halogens is 1. The topological polar surface area (TPSA) is 50.7 Å². The molecule has 3 aromatic rings. The van der Waals surface area contributed by atoms with Gasteiger partial charge >= 0.3 is 0 Å². The summed E-state index contributed by atoms with van der Waals surface area (Å²) in [5.41, 5.74) is 0.838. The number of aromatic nitrogens is 3. The lowest BCUT2D eigenvalue weighted by molar-refractivity contribution is 1.12. The molecule has 1 N–H and O–H groups in total. The van der Waals surface area contributed by atoms with Gasteiger partial charge < -0.3 is 5.32 Å². The Balaban J connectivity index is 1.91. The third-order valence-corrected chi connectivity index (χ3v) is 3.76. The monoisotopic (exact) mass is 290 g/mol. The number of aryl methyl sites for hydroxylation is 1. The van der Waals surface area contributed by atoms with E-state index in [1.165, 1.54) is 0 Å². The molecule has 19 heavy (non-hydrogen) atoms. The van der Waals surface area contributed by atoms with Gasteiger partial charge in [0.1, 0.15) is 5.82 Å². The maximum atomic E-state index is 5.94. The molecule has 96 valence electrons. The van der Waals surface area contributed by atoms with E-state index in [0.29, 0.717) is 6.54 Å². The van der Waals surface area contributed by atoms with E-state index in [1.54, 1.807) is 11.3 Å². The molecule has 0 aliphatic heterocycles. The molecule has 2 heterocycles. The highest BCUT2D eigenvalue weighted by molar-refractivity contribution is 7.11. The predicted molar refractivity (Wildman–Crippen MR) is 78.7 cm³/mol. The Labute approximate surface area is 119 Å². The predicted octanol–water partition coefficient (Wildman–Crippen LogP) is 3.66. The second-order valence-corrected chi connectivity index (χ2v) is 5.71. The molecule has 3 rings (SSSR count). The number of nitrogens with one attached hydrogen (secondary N) is 1. The summed E-state index contributed by atoms with van der Waals surface area (Å²) in [6.07, 6.45) is 1.87. The summed E-state index contributed by atoms with van der Waals surface area (Å²) in [7, 11) is 0. The second-order valence-electron chi connectivity index (χ2n) is 4.06. The van der Waals surface area contributed by atoms with Gasteiger partial charge in [-0.05, 0) is 30.7 Å². The van der Waals surface area contributed by atoms with Gasteiger partial charge in [0, 0.05) is 16.5 Å². The Morgan fingerprint density at radius 2 is 2.11 bits per heavy atom. The molecule has 0 aliphatic carbocycles. The smallest absolute Gasteiger partial charge is 0.224 e. The molecular formula is C13H11ClN4S. The van der Waals surface area contributed by atoms with E-state index in [4.69, 9.17) is 11.6 Å². The average Bonchev–Trinajstić information content (AvgIpc) is 2.81. The zero-order valence-corrected chi connectivity index (χ0v) is 11.8. The van der Waals surface area contributed by atoms with Gasteiger partial charge in [0.15, 0.2) is 0 Å². The van der Waals surface area contributed by atoms with Crippen LogP contribution in [0.5, 0.6) is 0 Å². The van der Waals surface area contributed by atoms with Crippen LogP contribution in [0.15, 0.2) is 30.5 Å². The minimum atomic E-state index is 0.252. The molecule has 0 spiro atoms. The summed E-state index contributed by atoms with van der Waals surface area (Å²) in [6.45, 7) is 2.67. The van der Waals surface area contributed by atoms with E-state index in [0.717, 1.165) is 26.6 Å². The molecule has 2 aromatic heterocycles. The Morgan fingerprint density at radius 1 is 1.26 bits per heavy atom. The van der Waals surface area contributed by atoms with Crippen molar-refractivity contribution in [2.75, 3.05) is 5.32 Å².